The van der Waals surface area contributed by atoms with Crippen molar-refractivity contribution >= 4 is 0 Å². The van der Waals surface area contributed by atoms with E-state index in [9.17, 15) is 4.79 Å². The average Bonchev–Trinajstić information content (AvgIpc) is 2.97. The van der Waals surface area contributed by atoms with Gasteiger partial charge in [-0.15, -0.1) is 0 Å². The average molecular weight is 309 g/mol. The maximum absolute atomic E-state index is 12.0. The molecule has 23 heavy (non-hydrogen) atoms. The van der Waals surface area contributed by atoms with Crippen molar-refractivity contribution in [3.8, 4) is 0 Å². The van der Waals surface area contributed by atoms with Crippen molar-refractivity contribution in [2.24, 2.45) is 0 Å². The summed E-state index contributed by atoms with van der Waals surface area (Å²) in [5.74, 6) is 2.07. The second-order valence-corrected chi connectivity index (χ2v) is 5.58. The standard InChI is InChI=1S/C17H19N5O/c1-11-14(17(23)19-12(2)18-11)10-16-20-15(21-22-16)9-8-13-6-4-3-5-7-13/h3-7H,8-10H2,1-2H3,(H,18,19,23)(H,20,21,22). The van der Waals surface area contributed by atoms with Crippen molar-refractivity contribution in [3.63, 3.8) is 0 Å². The molecule has 6 nitrogen and oxygen atoms in total. The molecule has 2 N–H and O–H groups in total. The minimum atomic E-state index is -0.114. The van der Waals surface area contributed by atoms with Gasteiger partial charge < -0.3 is 4.98 Å². The molecular formula is C17H19N5O. The van der Waals surface area contributed by atoms with E-state index in [1.165, 1.54) is 5.56 Å². The van der Waals surface area contributed by atoms with Gasteiger partial charge in [-0.1, -0.05) is 30.3 Å². The Labute approximate surface area is 134 Å². The van der Waals surface area contributed by atoms with E-state index in [1.54, 1.807) is 6.92 Å². The van der Waals surface area contributed by atoms with Gasteiger partial charge in [-0.2, -0.15) is 5.10 Å². The minimum absolute atomic E-state index is 0.114. The van der Waals surface area contributed by atoms with Gasteiger partial charge in [0.25, 0.3) is 5.56 Å². The first-order valence-electron chi connectivity index (χ1n) is 7.62. The summed E-state index contributed by atoms with van der Waals surface area (Å²) in [5.41, 5.74) is 2.50. The zero-order valence-electron chi connectivity index (χ0n) is 13.3. The van der Waals surface area contributed by atoms with Crippen LogP contribution in [0.1, 0.15) is 34.3 Å². The smallest absolute Gasteiger partial charge is 0.254 e. The Kier molecular flexibility index (Phi) is 4.32. The summed E-state index contributed by atoms with van der Waals surface area (Å²) in [7, 11) is 0. The molecule has 0 aliphatic heterocycles. The Morgan fingerprint density at radius 3 is 2.57 bits per heavy atom. The Bertz CT molecular complexity index is 851. The topological polar surface area (TPSA) is 87.3 Å². The number of nitrogens with zero attached hydrogens (tertiary/aromatic N) is 3. The van der Waals surface area contributed by atoms with E-state index in [-0.39, 0.29) is 5.56 Å². The summed E-state index contributed by atoms with van der Waals surface area (Å²) in [6.07, 6.45) is 2.07. The third-order valence-electron chi connectivity index (χ3n) is 3.74. The Morgan fingerprint density at radius 2 is 1.83 bits per heavy atom. The lowest BCUT2D eigenvalue weighted by molar-refractivity contribution is 0.865. The molecule has 0 spiro atoms. The summed E-state index contributed by atoms with van der Waals surface area (Å²) in [5, 5.41) is 7.15. The molecule has 2 aromatic heterocycles. The highest BCUT2D eigenvalue weighted by Gasteiger charge is 2.11. The quantitative estimate of drug-likeness (QED) is 0.753. The number of rotatable bonds is 5. The van der Waals surface area contributed by atoms with Crippen LogP contribution in [-0.4, -0.2) is 25.1 Å². The second-order valence-electron chi connectivity index (χ2n) is 5.58. The van der Waals surface area contributed by atoms with Crippen molar-refractivity contribution in [1.29, 1.82) is 0 Å². The van der Waals surface area contributed by atoms with Gasteiger partial charge in [-0.25, -0.2) is 9.97 Å². The van der Waals surface area contributed by atoms with Crippen LogP contribution in [0, 0.1) is 13.8 Å². The van der Waals surface area contributed by atoms with E-state index in [0.29, 0.717) is 23.6 Å². The van der Waals surface area contributed by atoms with Crippen LogP contribution < -0.4 is 5.56 Å². The van der Waals surface area contributed by atoms with E-state index in [2.05, 4.69) is 37.3 Å². The van der Waals surface area contributed by atoms with Gasteiger partial charge in [0.2, 0.25) is 0 Å². The lowest BCUT2D eigenvalue weighted by atomic mass is 10.1. The van der Waals surface area contributed by atoms with Gasteiger partial charge in [0.1, 0.15) is 11.6 Å². The van der Waals surface area contributed by atoms with Crippen LogP contribution in [0.25, 0.3) is 0 Å². The summed E-state index contributed by atoms with van der Waals surface area (Å²) < 4.78 is 0. The lowest BCUT2D eigenvalue weighted by Crippen LogP contribution is -2.18. The van der Waals surface area contributed by atoms with Crippen LogP contribution >= 0.6 is 0 Å². The van der Waals surface area contributed by atoms with E-state index in [1.807, 2.05) is 25.1 Å². The van der Waals surface area contributed by atoms with Crippen molar-refractivity contribution < 1.29 is 0 Å². The number of benzene rings is 1. The van der Waals surface area contributed by atoms with Crippen LogP contribution in [0.5, 0.6) is 0 Å². The summed E-state index contributed by atoms with van der Waals surface area (Å²) >= 11 is 0. The molecule has 2 heterocycles. The van der Waals surface area contributed by atoms with Crippen LogP contribution in [0.2, 0.25) is 0 Å². The second kappa shape index (κ2) is 6.56. The highest BCUT2D eigenvalue weighted by Crippen LogP contribution is 2.07. The zero-order chi connectivity index (χ0) is 16.2. The summed E-state index contributed by atoms with van der Waals surface area (Å²) in [4.78, 5) is 23.5. The van der Waals surface area contributed by atoms with Gasteiger partial charge in [0, 0.05) is 24.1 Å². The van der Waals surface area contributed by atoms with E-state index in [4.69, 9.17) is 0 Å². The lowest BCUT2D eigenvalue weighted by Gasteiger charge is -2.02. The van der Waals surface area contributed by atoms with Crippen LogP contribution in [0.15, 0.2) is 35.1 Å². The molecule has 1 aromatic carbocycles. The maximum atomic E-state index is 12.0. The maximum Gasteiger partial charge on any atom is 0.254 e. The number of aromatic amines is 2. The van der Waals surface area contributed by atoms with E-state index in [0.717, 1.165) is 24.4 Å². The molecular weight excluding hydrogens is 290 g/mol. The van der Waals surface area contributed by atoms with Crippen LogP contribution in [0.4, 0.5) is 0 Å². The Morgan fingerprint density at radius 1 is 1.04 bits per heavy atom. The van der Waals surface area contributed by atoms with Crippen molar-refractivity contribution in [2.75, 3.05) is 0 Å². The summed E-state index contributed by atoms with van der Waals surface area (Å²) in [6.45, 7) is 3.61. The highest BCUT2D eigenvalue weighted by atomic mass is 16.1. The normalized spacial score (nSPS) is 10.9. The molecule has 0 aliphatic carbocycles. The highest BCUT2D eigenvalue weighted by molar-refractivity contribution is 5.20. The fraction of sp³-hybridized carbons (Fsp3) is 0.294. The molecule has 0 fully saturated rings. The van der Waals surface area contributed by atoms with Crippen LogP contribution in [0.3, 0.4) is 0 Å². The fourth-order valence-corrected chi connectivity index (χ4v) is 2.55. The number of H-pyrrole nitrogens is 2. The third-order valence-corrected chi connectivity index (χ3v) is 3.74. The third kappa shape index (κ3) is 3.71. The van der Waals surface area contributed by atoms with Crippen molar-refractivity contribution in [1.82, 2.24) is 25.1 Å². The van der Waals surface area contributed by atoms with Crippen LogP contribution in [-0.2, 0) is 19.3 Å². The van der Waals surface area contributed by atoms with Gasteiger partial charge >= 0.3 is 0 Å². The van der Waals surface area contributed by atoms with Crippen molar-refractivity contribution in [3.05, 3.63) is 75.0 Å². The van der Waals surface area contributed by atoms with Gasteiger partial charge in [0.05, 0.1) is 0 Å². The molecule has 118 valence electrons. The SMILES string of the molecule is Cc1nc(C)c(Cc2nc(CCc3ccccc3)n[nH]2)c(=O)[nH]1. The predicted octanol–water partition coefficient (Wildman–Crippen LogP) is 1.88. The number of hydrogen-bond acceptors (Lipinski definition) is 4. The minimum Gasteiger partial charge on any atom is -0.311 e. The van der Waals surface area contributed by atoms with Gasteiger partial charge in [0.15, 0.2) is 5.82 Å². The number of hydrogen-bond donors (Lipinski definition) is 2. The number of aryl methyl sites for hydroxylation is 4. The van der Waals surface area contributed by atoms with Gasteiger partial charge in [-0.3, -0.25) is 9.89 Å². The van der Waals surface area contributed by atoms with E-state index >= 15 is 0 Å². The van der Waals surface area contributed by atoms with Crippen molar-refractivity contribution in [2.45, 2.75) is 33.1 Å². The first-order valence-corrected chi connectivity index (χ1v) is 7.62. The summed E-state index contributed by atoms with van der Waals surface area (Å²) in [6, 6.07) is 10.2. The Balaban J connectivity index is 1.69. The fourth-order valence-electron chi connectivity index (χ4n) is 2.55. The monoisotopic (exact) mass is 309 g/mol. The zero-order valence-corrected chi connectivity index (χ0v) is 13.3. The van der Waals surface area contributed by atoms with Gasteiger partial charge in [-0.05, 0) is 25.8 Å². The molecule has 0 unspecified atom stereocenters. The molecule has 0 saturated carbocycles. The molecule has 0 radical (unpaired) electrons. The number of nitrogens with one attached hydrogen (secondary N) is 2. The largest absolute Gasteiger partial charge is 0.311 e. The molecule has 0 aliphatic rings. The molecule has 3 rings (SSSR count). The first kappa shape index (κ1) is 15.1. The molecule has 3 aromatic rings. The van der Waals surface area contributed by atoms with E-state index < -0.39 is 0 Å². The molecule has 6 heteroatoms. The molecule has 0 amide bonds. The number of aromatic nitrogens is 5. The molecule has 0 bridgehead atoms. The predicted molar refractivity (Wildman–Crippen MR) is 87.4 cm³/mol. The first-order chi connectivity index (χ1) is 11.1. The molecule has 0 saturated heterocycles. The molecule has 0 atom stereocenters. The Hall–Kier alpha value is -2.76.